The number of unbranched alkanes of at least 4 members (excludes halogenated alkanes) is 54. The number of allylic oxidation sites excluding steroid dienone is 4. The lowest BCUT2D eigenvalue weighted by Crippen LogP contribution is -2.30. The quantitative estimate of drug-likeness (QED) is 0.0169. The molecule has 17 nitrogen and oxygen atoms in total. The molecule has 0 aliphatic heterocycles. The molecule has 0 aromatic heterocycles. The third-order valence-corrected chi connectivity index (χ3v) is 23.1. The van der Waals surface area contributed by atoms with Crippen molar-refractivity contribution in [1.82, 2.24) is 0 Å². The Hall–Kier alpha value is -2.46. The van der Waals surface area contributed by atoms with Crippen molar-refractivity contribution in [2.24, 2.45) is 11.8 Å². The normalized spacial score (nSPS) is 14.1. The summed E-state index contributed by atoms with van der Waals surface area (Å²) in [6.07, 6.45) is 78.8. The summed E-state index contributed by atoms with van der Waals surface area (Å²) in [5.74, 6) is -0.536. The minimum atomic E-state index is -4.97. The topological polar surface area (TPSA) is 237 Å². The van der Waals surface area contributed by atoms with Crippen molar-refractivity contribution in [1.29, 1.82) is 0 Å². The van der Waals surface area contributed by atoms with Gasteiger partial charge in [0.25, 0.3) is 0 Å². The number of phosphoric ester groups is 2. The van der Waals surface area contributed by atoms with Gasteiger partial charge in [-0.3, -0.25) is 37.3 Å². The highest BCUT2D eigenvalue weighted by Crippen LogP contribution is 2.45. The van der Waals surface area contributed by atoms with E-state index in [1.54, 1.807) is 0 Å². The number of esters is 4. The molecule has 0 bridgehead atoms. The Morgan fingerprint density at radius 1 is 0.300 bits per heavy atom. The van der Waals surface area contributed by atoms with Gasteiger partial charge in [-0.05, 0) is 63.2 Å². The Labute approximate surface area is 675 Å². The number of carbonyl (C=O) groups is 4. The summed E-state index contributed by atoms with van der Waals surface area (Å²) < 4.78 is 69.0. The highest BCUT2D eigenvalue weighted by atomic mass is 31.2. The summed E-state index contributed by atoms with van der Waals surface area (Å²) in [5, 5.41) is 10.7. The zero-order valence-corrected chi connectivity index (χ0v) is 73.8. The van der Waals surface area contributed by atoms with E-state index in [9.17, 15) is 43.2 Å². The van der Waals surface area contributed by atoms with Gasteiger partial charge >= 0.3 is 39.5 Å². The monoisotopic (exact) mass is 1600 g/mol. The Morgan fingerprint density at radius 3 is 0.818 bits per heavy atom. The van der Waals surface area contributed by atoms with E-state index in [2.05, 4.69) is 65.8 Å². The van der Waals surface area contributed by atoms with Gasteiger partial charge in [0.1, 0.15) is 19.3 Å². The molecule has 0 saturated heterocycles. The largest absolute Gasteiger partial charge is 0.472 e. The molecule has 6 atom stereocenters. The van der Waals surface area contributed by atoms with Gasteiger partial charge in [-0.2, -0.15) is 0 Å². The Kier molecular flexibility index (Phi) is 79.8. The van der Waals surface area contributed by atoms with Crippen molar-refractivity contribution in [3.8, 4) is 0 Å². The van der Waals surface area contributed by atoms with Gasteiger partial charge in [0, 0.05) is 25.7 Å². The minimum Gasteiger partial charge on any atom is -0.462 e. The number of rotatable bonds is 88. The number of hydrogen-bond donors (Lipinski definition) is 3. The van der Waals surface area contributed by atoms with E-state index < -0.39 is 97.5 Å². The smallest absolute Gasteiger partial charge is 0.462 e. The van der Waals surface area contributed by atoms with E-state index in [-0.39, 0.29) is 25.7 Å². The molecule has 0 aromatic carbocycles. The van der Waals surface area contributed by atoms with Crippen molar-refractivity contribution in [3.05, 3.63) is 24.3 Å². The SMILES string of the molecule is CCCCCC/C=C\C=C/CCCCCCCC(=O)O[C@H](COC(=O)CCCCCCCCCCC(C)C)COP(=O)(O)OC[C@H](O)COP(=O)(O)OC[C@@H](COC(=O)CCCCCCCCCCCCCCCCCCCCCCCC)OC(=O)CCCCCCCCCCCCCCCCCCCCC(C)CC. The molecule has 0 amide bonds. The molecule has 0 aliphatic carbocycles. The molecule has 0 aromatic rings. The van der Waals surface area contributed by atoms with Crippen LogP contribution >= 0.6 is 15.6 Å². The van der Waals surface area contributed by atoms with E-state index in [1.807, 2.05) is 0 Å². The van der Waals surface area contributed by atoms with Crippen molar-refractivity contribution in [3.63, 3.8) is 0 Å². The second kappa shape index (κ2) is 81.7. The molecular weight excluding hydrogens is 1430 g/mol. The number of ether oxygens (including phenoxy) is 4. The number of aliphatic hydroxyl groups is 1. The number of hydrogen-bond acceptors (Lipinski definition) is 15. The highest BCUT2D eigenvalue weighted by molar-refractivity contribution is 7.47. The van der Waals surface area contributed by atoms with Crippen molar-refractivity contribution in [2.45, 2.75) is 484 Å². The van der Waals surface area contributed by atoms with Gasteiger partial charge in [0.05, 0.1) is 26.4 Å². The number of aliphatic hydroxyl groups excluding tert-OH is 1. The summed E-state index contributed by atoms with van der Waals surface area (Å²) in [7, 11) is -9.95. The lowest BCUT2D eigenvalue weighted by molar-refractivity contribution is -0.161. The lowest BCUT2D eigenvalue weighted by atomic mass is 9.99. The maximum absolute atomic E-state index is 13.2. The molecule has 0 fully saturated rings. The lowest BCUT2D eigenvalue weighted by Gasteiger charge is -2.21. The molecule has 19 heteroatoms. The van der Waals surface area contributed by atoms with Gasteiger partial charge in [-0.25, -0.2) is 9.13 Å². The van der Waals surface area contributed by atoms with E-state index in [0.717, 1.165) is 121 Å². The van der Waals surface area contributed by atoms with E-state index in [0.29, 0.717) is 25.7 Å². The van der Waals surface area contributed by atoms with Crippen LogP contribution in [0.3, 0.4) is 0 Å². The fourth-order valence-corrected chi connectivity index (χ4v) is 15.3. The van der Waals surface area contributed by atoms with Crippen LogP contribution in [0.5, 0.6) is 0 Å². The standard InChI is InChI=1S/C91H174O17P2/c1-7-10-12-14-16-18-20-22-24-25-26-27-28-29-33-37-40-44-48-55-61-67-73-88(93)101-79-86(107-90(95)76-70-64-58-50-46-42-38-34-31-30-32-36-39-43-47-54-60-66-72-84(6)9-3)81-105-109(97,98)103-77-85(92)78-104-110(99,100)106-82-87(80-102-89(94)74-68-62-56-52-51-53-59-65-71-83(4)5)108-91(96)75-69-63-57-49-45-41-35-23-21-19-17-15-13-11-8-2/h19,21,23,35,83-87,92H,7-18,20,22,24-34,36-82H2,1-6H3,(H,97,98)(H,99,100)/b21-19-,35-23-/t84?,85-,86-,87-/m1/s1. The summed E-state index contributed by atoms with van der Waals surface area (Å²) in [6.45, 7) is 9.65. The zero-order chi connectivity index (χ0) is 80.6. The van der Waals surface area contributed by atoms with Crippen LogP contribution in [0, 0.1) is 11.8 Å². The van der Waals surface area contributed by atoms with Crippen LogP contribution in [0.4, 0.5) is 0 Å². The van der Waals surface area contributed by atoms with Crippen LogP contribution in [-0.2, 0) is 65.4 Å². The van der Waals surface area contributed by atoms with Crippen LogP contribution in [0.25, 0.3) is 0 Å². The summed E-state index contributed by atoms with van der Waals surface area (Å²) in [6, 6.07) is 0. The van der Waals surface area contributed by atoms with Crippen LogP contribution in [-0.4, -0.2) is 96.7 Å². The summed E-state index contributed by atoms with van der Waals surface area (Å²) in [4.78, 5) is 73.3. The maximum atomic E-state index is 13.2. The maximum Gasteiger partial charge on any atom is 0.472 e. The van der Waals surface area contributed by atoms with Gasteiger partial charge in [0.15, 0.2) is 12.2 Å². The fourth-order valence-electron chi connectivity index (χ4n) is 13.7. The average molecular weight is 1600 g/mol. The molecular formula is C91H174O17P2. The van der Waals surface area contributed by atoms with Gasteiger partial charge < -0.3 is 33.8 Å². The Morgan fingerprint density at radius 2 is 0.536 bits per heavy atom. The molecule has 3 unspecified atom stereocenters. The Bertz CT molecular complexity index is 2200. The van der Waals surface area contributed by atoms with Gasteiger partial charge in [0.2, 0.25) is 0 Å². The first-order chi connectivity index (χ1) is 53.4. The van der Waals surface area contributed by atoms with Gasteiger partial charge in [-0.1, -0.05) is 413 Å². The molecule has 650 valence electrons. The van der Waals surface area contributed by atoms with E-state index >= 15 is 0 Å². The Balaban J connectivity index is 5.24. The third-order valence-electron chi connectivity index (χ3n) is 21.2. The van der Waals surface area contributed by atoms with Crippen molar-refractivity contribution >= 4 is 39.5 Å². The third kappa shape index (κ3) is 82.1. The van der Waals surface area contributed by atoms with Crippen LogP contribution in [0.1, 0.15) is 465 Å². The van der Waals surface area contributed by atoms with Gasteiger partial charge in [-0.15, -0.1) is 0 Å². The first-order valence-electron chi connectivity index (χ1n) is 46.3. The fraction of sp³-hybridized carbons (Fsp3) is 0.912. The zero-order valence-electron chi connectivity index (χ0n) is 72.1. The first kappa shape index (κ1) is 108. The first-order valence-corrected chi connectivity index (χ1v) is 49.3. The van der Waals surface area contributed by atoms with Crippen molar-refractivity contribution in [2.75, 3.05) is 39.6 Å². The van der Waals surface area contributed by atoms with Crippen LogP contribution in [0.15, 0.2) is 24.3 Å². The summed E-state index contributed by atoms with van der Waals surface area (Å²) >= 11 is 0. The predicted molar refractivity (Wildman–Crippen MR) is 455 cm³/mol. The molecule has 0 aliphatic rings. The molecule has 0 spiro atoms. The minimum absolute atomic E-state index is 0.0848. The average Bonchev–Trinajstić information content (AvgIpc) is 0.898. The van der Waals surface area contributed by atoms with E-state index in [1.165, 1.54) is 263 Å². The number of carbonyl (C=O) groups excluding carboxylic acids is 4. The highest BCUT2D eigenvalue weighted by Gasteiger charge is 2.31. The molecule has 0 saturated carbocycles. The molecule has 0 heterocycles. The molecule has 0 radical (unpaired) electrons. The van der Waals surface area contributed by atoms with E-state index in [4.69, 9.17) is 37.0 Å². The van der Waals surface area contributed by atoms with Crippen molar-refractivity contribution < 1.29 is 80.2 Å². The molecule has 3 N–H and O–H groups in total. The summed E-state index contributed by atoms with van der Waals surface area (Å²) in [5.41, 5.74) is 0. The van der Waals surface area contributed by atoms with Crippen LogP contribution < -0.4 is 0 Å². The second-order valence-corrected chi connectivity index (χ2v) is 35.6. The van der Waals surface area contributed by atoms with Crippen LogP contribution in [0.2, 0.25) is 0 Å². The molecule has 110 heavy (non-hydrogen) atoms. The predicted octanol–water partition coefficient (Wildman–Crippen LogP) is 27.7. The number of phosphoric acid groups is 2. The second-order valence-electron chi connectivity index (χ2n) is 32.7. The molecule has 0 rings (SSSR count).